The van der Waals surface area contributed by atoms with E-state index in [1.54, 1.807) is 7.11 Å². The van der Waals surface area contributed by atoms with Crippen molar-refractivity contribution in [3.8, 4) is 11.5 Å². The van der Waals surface area contributed by atoms with Crippen molar-refractivity contribution in [1.29, 1.82) is 0 Å². The summed E-state index contributed by atoms with van der Waals surface area (Å²) in [5.74, 6) is -0.301. The first-order valence-electron chi connectivity index (χ1n) is 9.73. The van der Waals surface area contributed by atoms with E-state index < -0.39 is 11.6 Å². The van der Waals surface area contributed by atoms with E-state index in [1.165, 1.54) is 11.0 Å². The number of anilines is 1. The maximum Gasteiger partial charge on any atom is 0.279 e. The van der Waals surface area contributed by atoms with Gasteiger partial charge in [0.1, 0.15) is 68.2 Å². The Morgan fingerprint density at radius 1 is 0.966 bits per heavy atom. The maximum absolute atomic E-state index is 13.6. The lowest BCUT2D eigenvalue weighted by Gasteiger charge is -2.29. The number of benzene rings is 2. The number of ether oxygens (including phenoxy) is 2. The van der Waals surface area contributed by atoms with Gasteiger partial charge in [-0.05, 0) is 36.4 Å². The summed E-state index contributed by atoms with van der Waals surface area (Å²) in [7, 11) is 1.63. The molecular formula is C21H27F2N3O3+2. The number of hydrogen-bond donors (Lipinski definition) is 3. The minimum absolute atomic E-state index is 0.198. The summed E-state index contributed by atoms with van der Waals surface area (Å²) < 4.78 is 38.2. The highest BCUT2D eigenvalue weighted by atomic mass is 19.1. The van der Waals surface area contributed by atoms with Crippen LogP contribution in [0.1, 0.15) is 0 Å². The highest BCUT2D eigenvalue weighted by Gasteiger charge is 2.25. The molecule has 0 unspecified atom stereocenters. The summed E-state index contributed by atoms with van der Waals surface area (Å²) in [5.41, 5.74) is -0.378. The number of carbonyl (C=O) groups excluding carboxylic acids is 1. The highest BCUT2D eigenvalue weighted by Crippen LogP contribution is 2.17. The van der Waals surface area contributed by atoms with Gasteiger partial charge >= 0.3 is 0 Å². The largest absolute Gasteiger partial charge is 0.497 e. The van der Waals surface area contributed by atoms with Gasteiger partial charge in [-0.15, -0.1) is 0 Å². The van der Waals surface area contributed by atoms with Gasteiger partial charge in [0.05, 0.1) is 7.11 Å². The van der Waals surface area contributed by atoms with Crippen molar-refractivity contribution < 1.29 is 32.8 Å². The second-order valence-corrected chi connectivity index (χ2v) is 7.10. The summed E-state index contributed by atoms with van der Waals surface area (Å²) in [4.78, 5) is 14.7. The van der Waals surface area contributed by atoms with Gasteiger partial charge in [-0.25, -0.2) is 8.78 Å². The van der Waals surface area contributed by atoms with Crippen LogP contribution in [0.15, 0.2) is 42.5 Å². The molecule has 3 rings (SSSR count). The van der Waals surface area contributed by atoms with E-state index in [9.17, 15) is 13.6 Å². The molecule has 29 heavy (non-hydrogen) atoms. The molecule has 0 bridgehead atoms. The quantitative estimate of drug-likeness (QED) is 0.567. The number of hydrogen-bond acceptors (Lipinski definition) is 3. The number of piperazine rings is 1. The SMILES string of the molecule is COc1ccc(OCC[NH+]2CC[NH+](CC(=O)Nc3c(F)cccc3F)CC2)cc1. The smallest absolute Gasteiger partial charge is 0.279 e. The fourth-order valence-corrected chi connectivity index (χ4v) is 3.40. The number of quaternary nitrogens is 2. The van der Waals surface area contributed by atoms with E-state index in [4.69, 9.17) is 9.47 Å². The average Bonchev–Trinajstić information content (AvgIpc) is 2.73. The molecule has 1 aliphatic heterocycles. The van der Waals surface area contributed by atoms with Crippen LogP contribution in [0.5, 0.6) is 11.5 Å². The molecule has 8 heteroatoms. The van der Waals surface area contributed by atoms with Crippen molar-refractivity contribution in [2.24, 2.45) is 0 Å². The van der Waals surface area contributed by atoms with Gasteiger partial charge in [-0.2, -0.15) is 0 Å². The van der Waals surface area contributed by atoms with E-state index in [2.05, 4.69) is 5.32 Å². The van der Waals surface area contributed by atoms with Gasteiger partial charge in [0, 0.05) is 0 Å². The molecule has 1 aliphatic rings. The Labute approximate surface area is 169 Å². The summed E-state index contributed by atoms with van der Waals surface area (Å²) in [6, 6.07) is 11.0. The van der Waals surface area contributed by atoms with Crippen LogP contribution in [0.2, 0.25) is 0 Å². The zero-order chi connectivity index (χ0) is 20.6. The zero-order valence-corrected chi connectivity index (χ0v) is 16.5. The molecule has 3 N–H and O–H groups in total. The van der Waals surface area contributed by atoms with Crippen LogP contribution in [0.4, 0.5) is 14.5 Å². The second kappa shape index (κ2) is 10.2. The molecule has 0 spiro atoms. The summed E-state index contributed by atoms with van der Waals surface area (Å²) >= 11 is 0. The molecule has 156 valence electrons. The third kappa shape index (κ3) is 6.13. The standard InChI is InChI=1S/C21H25F2N3O3/c1-28-16-5-7-17(8-6-16)29-14-13-25-9-11-26(12-10-25)15-20(27)24-21-18(22)3-2-4-19(21)23/h2-8H,9-15H2,1H3,(H,24,27)/p+2. The van der Waals surface area contributed by atoms with Crippen LogP contribution in [0.25, 0.3) is 0 Å². The van der Waals surface area contributed by atoms with Gasteiger partial charge in [0.25, 0.3) is 5.91 Å². The lowest BCUT2D eigenvalue weighted by atomic mass is 10.2. The van der Waals surface area contributed by atoms with Gasteiger partial charge in [0.15, 0.2) is 6.54 Å². The molecule has 1 fully saturated rings. The molecule has 2 aromatic rings. The lowest BCUT2D eigenvalue weighted by Crippen LogP contribution is -3.28. The lowest BCUT2D eigenvalue weighted by molar-refractivity contribution is -1.01. The van der Waals surface area contributed by atoms with Crippen molar-refractivity contribution in [3.63, 3.8) is 0 Å². The van der Waals surface area contributed by atoms with E-state index in [-0.39, 0.29) is 18.1 Å². The first-order valence-corrected chi connectivity index (χ1v) is 9.73. The average molecular weight is 407 g/mol. The summed E-state index contributed by atoms with van der Waals surface area (Å²) in [6.45, 7) is 5.18. The van der Waals surface area contributed by atoms with E-state index in [0.29, 0.717) is 6.61 Å². The van der Waals surface area contributed by atoms with E-state index in [0.717, 1.165) is 61.3 Å². The molecule has 0 aromatic heterocycles. The van der Waals surface area contributed by atoms with Crippen LogP contribution in [0, 0.1) is 11.6 Å². The third-order valence-corrected chi connectivity index (χ3v) is 5.09. The number of methoxy groups -OCH3 is 1. The molecule has 1 amide bonds. The number of para-hydroxylation sites is 1. The van der Waals surface area contributed by atoms with Crippen LogP contribution in [-0.4, -0.2) is 58.9 Å². The Morgan fingerprint density at radius 3 is 2.17 bits per heavy atom. The fourth-order valence-electron chi connectivity index (χ4n) is 3.40. The number of halogens is 2. The Morgan fingerprint density at radius 2 is 1.55 bits per heavy atom. The van der Waals surface area contributed by atoms with Crippen molar-refractivity contribution in [3.05, 3.63) is 54.1 Å². The first kappa shape index (κ1) is 21.0. The van der Waals surface area contributed by atoms with Gasteiger partial charge in [0.2, 0.25) is 0 Å². The molecule has 0 saturated carbocycles. The van der Waals surface area contributed by atoms with Crippen LogP contribution in [0.3, 0.4) is 0 Å². The van der Waals surface area contributed by atoms with Crippen molar-refractivity contribution in [1.82, 2.24) is 0 Å². The summed E-state index contributed by atoms with van der Waals surface area (Å²) in [5, 5.41) is 2.35. The molecule has 6 nitrogen and oxygen atoms in total. The number of carbonyl (C=O) groups is 1. The van der Waals surface area contributed by atoms with E-state index in [1.807, 2.05) is 24.3 Å². The van der Waals surface area contributed by atoms with Gasteiger partial charge < -0.3 is 24.6 Å². The molecule has 0 radical (unpaired) electrons. The summed E-state index contributed by atoms with van der Waals surface area (Å²) in [6.07, 6.45) is 0. The predicted molar refractivity (Wildman–Crippen MR) is 105 cm³/mol. The predicted octanol–water partition coefficient (Wildman–Crippen LogP) is -0.226. The Kier molecular flexibility index (Phi) is 7.37. The second-order valence-electron chi connectivity index (χ2n) is 7.10. The number of nitrogens with one attached hydrogen (secondary N) is 3. The maximum atomic E-state index is 13.6. The van der Waals surface area contributed by atoms with Crippen LogP contribution >= 0.6 is 0 Å². The Balaban J connectivity index is 1.36. The van der Waals surface area contributed by atoms with E-state index >= 15 is 0 Å². The Hall–Kier alpha value is -2.71. The van der Waals surface area contributed by atoms with Crippen molar-refractivity contribution in [2.45, 2.75) is 0 Å². The van der Waals surface area contributed by atoms with Crippen molar-refractivity contribution in [2.75, 3.05) is 58.3 Å². The molecule has 0 aliphatic carbocycles. The van der Waals surface area contributed by atoms with Gasteiger partial charge in [-0.1, -0.05) is 6.07 Å². The topological polar surface area (TPSA) is 56.4 Å². The fraction of sp³-hybridized carbons (Fsp3) is 0.381. The van der Waals surface area contributed by atoms with Crippen molar-refractivity contribution >= 4 is 11.6 Å². The molecular weight excluding hydrogens is 380 g/mol. The highest BCUT2D eigenvalue weighted by molar-refractivity contribution is 5.91. The minimum atomic E-state index is -0.764. The molecule has 2 aromatic carbocycles. The normalized spacial score (nSPS) is 18.9. The van der Waals surface area contributed by atoms with Crippen LogP contribution < -0.4 is 24.6 Å². The monoisotopic (exact) mass is 407 g/mol. The number of rotatable bonds is 8. The number of amides is 1. The first-order chi connectivity index (χ1) is 14.0. The van der Waals surface area contributed by atoms with Gasteiger partial charge in [-0.3, -0.25) is 4.79 Å². The Bertz CT molecular complexity index is 789. The zero-order valence-electron chi connectivity index (χ0n) is 16.5. The van der Waals surface area contributed by atoms with Crippen LogP contribution in [-0.2, 0) is 4.79 Å². The molecule has 1 heterocycles. The third-order valence-electron chi connectivity index (χ3n) is 5.09. The molecule has 0 atom stereocenters. The molecule has 1 saturated heterocycles. The minimum Gasteiger partial charge on any atom is -0.497 e.